The second-order valence-corrected chi connectivity index (χ2v) is 6.25. The van der Waals surface area contributed by atoms with E-state index >= 15 is 0 Å². The molecule has 35 heavy (non-hydrogen) atoms. The Kier molecular flexibility index (Phi) is 14.6. The molecule has 0 aliphatic carbocycles. The normalized spacial score (nSPS) is 22.6. The summed E-state index contributed by atoms with van der Waals surface area (Å²) in [4.78, 5) is 7.57. The molecule has 0 saturated heterocycles. The number of nitrogens with zero attached hydrogens (tertiary/aromatic N) is 6. The SMILES string of the molecule is CC1=N\O[B-](F)(F)O/N=C(C)/C(C)=N/O[B-](F)(F)O\N=C\1C.[Fe+2].c1ccncc1.c1ccncc1. The van der Waals surface area contributed by atoms with Gasteiger partial charge in [0, 0.05) is 24.8 Å². The van der Waals surface area contributed by atoms with Crippen LogP contribution in [0.4, 0.5) is 17.3 Å². The van der Waals surface area contributed by atoms with Crippen LogP contribution in [-0.2, 0) is 36.1 Å². The van der Waals surface area contributed by atoms with Crippen LogP contribution in [0.25, 0.3) is 0 Å². The Hall–Kier alpha value is -3.45. The van der Waals surface area contributed by atoms with Gasteiger partial charge in [-0.2, -0.15) is 0 Å². The van der Waals surface area contributed by atoms with Crippen LogP contribution in [-0.4, -0.2) is 47.0 Å². The summed E-state index contributed by atoms with van der Waals surface area (Å²) in [6.07, 6.45) is 7.00. The molecule has 1 aliphatic heterocycles. The summed E-state index contributed by atoms with van der Waals surface area (Å²) in [5.74, 6) is 0. The van der Waals surface area contributed by atoms with Gasteiger partial charge in [0.2, 0.25) is 0 Å². The van der Waals surface area contributed by atoms with Crippen molar-refractivity contribution in [1.29, 1.82) is 0 Å². The van der Waals surface area contributed by atoms with Crippen LogP contribution in [0.3, 0.4) is 0 Å². The number of halogens is 4. The summed E-state index contributed by atoms with van der Waals surface area (Å²) in [6, 6.07) is 11.4. The number of rotatable bonds is 0. The van der Waals surface area contributed by atoms with Gasteiger partial charge in [0.25, 0.3) is 0 Å². The molecule has 1 aliphatic rings. The average Bonchev–Trinajstić information content (AvgIpc) is 2.85. The topological polar surface area (TPSA) is 112 Å². The summed E-state index contributed by atoms with van der Waals surface area (Å²) in [5, 5.41) is 12.1. The van der Waals surface area contributed by atoms with Crippen LogP contribution in [0.5, 0.6) is 0 Å². The van der Waals surface area contributed by atoms with Gasteiger partial charge in [0.05, 0.1) is 22.8 Å². The predicted octanol–water partition coefficient (Wildman–Crippen LogP) is 4.48. The van der Waals surface area contributed by atoms with Crippen LogP contribution >= 0.6 is 0 Å². The second-order valence-electron chi connectivity index (χ2n) is 6.25. The Labute approximate surface area is 210 Å². The Balaban J connectivity index is 0.000000716. The Morgan fingerprint density at radius 1 is 0.486 bits per heavy atom. The van der Waals surface area contributed by atoms with Gasteiger partial charge in [-0.15, -0.1) is 20.6 Å². The zero-order valence-corrected chi connectivity index (χ0v) is 20.2. The molecule has 10 nitrogen and oxygen atoms in total. The molecular weight excluding hydrogens is 518 g/mol. The van der Waals surface area contributed by atoms with Crippen molar-refractivity contribution in [1.82, 2.24) is 9.97 Å². The summed E-state index contributed by atoms with van der Waals surface area (Å²) in [6.45, 7) is 4.73. The molecule has 0 fully saturated rings. The van der Waals surface area contributed by atoms with Gasteiger partial charge in [0.1, 0.15) is 0 Å². The average molecular weight is 540 g/mol. The zero-order valence-electron chi connectivity index (χ0n) is 19.1. The van der Waals surface area contributed by atoms with E-state index in [4.69, 9.17) is 0 Å². The maximum Gasteiger partial charge on any atom is 2.00 e. The molecule has 17 heteroatoms. The molecule has 0 radical (unpaired) electrons. The Morgan fingerprint density at radius 2 is 0.714 bits per heavy atom. The maximum atomic E-state index is 13.2. The molecule has 0 atom stereocenters. The molecule has 3 rings (SSSR count). The van der Waals surface area contributed by atoms with Crippen molar-refractivity contribution >= 4 is 37.1 Å². The van der Waals surface area contributed by atoms with Crippen LogP contribution in [0, 0.1) is 0 Å². The molecule has 0 unspecified atom stereocenters. The van der Waals surface area contributed by atoms with Crippen LogP contribution in [0.2, 0.25) is 0 Å². The van der Waals surface area contributed by atoms with E-state index in [2.05, 4.69) is 49.6 Å². The fraction of sp³-hybridized carbons (Fsp3) is 0.222. The minimum Gasteiger partial charge on any atom is -0.519 e. The third-order valence-electron chi connectivity index (χ3n) is 3.43. The third-order valence-corrected chi connectivity index (χ3v) is 3.43. The van der Waals surface area contributed by atoms with Gasteiger partial charge in [0.15, 0.2) is 0 Å². The van der Waals surface area contributed by atoms with Crippen molar-refractivity contribution in [2.45, 2.75) is 27.7 Å². The van der Waals surface area contributed by atoms with Crippen molar-refractivity contribution in [3.8, 4) is 0 Å². The van der Waals surface area contributed by atoms with Crippen molar-refractivity contribution in [2.75, 3.05) is 0 Å². The zero-order chi connectivity index (χ0) is 25.5. The first-order valence-electron chi connectivity index (χ1n) is 9.64. The van der Waals surface area contributed by atoms with Gasteiger partial charge >= 0.3 is 31.3 Å². The standard InChI is InChI=1S/C8H12B2F4N4O4.2C5H5N.Fe/c1-5-6(2)16-20-10(13,14)22-18-8(4)7(3)17-21-9(11,12)19-15-5;2*1-2-4-6-5-3-1;/h1-4H3;2*1-5H;/q-2;;;+2/b15-5+,16-6+,17-7+,18-8+;;;. The number of hydrogen-bond donors (Lipinski definition) is 0. The molecule has 0 amide bonds. The van der Waals surface area contributed by atoms with Crippen LogP contribution < -0.4 is 0 Å². The van der Waals surface area contributed by atoms with Crippen LogP contribution in [0.15, 0.2) is 81.8 Å². The van der Waals surface area contributed by atoms with Gasteiger partial charge in [-0.25, -0.2) is 0 Å². The number of hydrogen-bond acceptors (Lipinski definition) is 10. The monoisotopic (exact) mass is 540 g/mol. The Bertz CT molecular complexity index is 813. The minimum atomic E-state index is -4.85. The first-order chi connectivity index (χ1) is 16.0. The fourth-order valence-corrected chi connectivity index (χ4v) is 1.49. The van der Waals surface area contributed by atoms with E-state index in [0.29, 0.717) is 0 Å². The van der Waals surface area contributed by atoms with E-state index in [1.165, 1.54) is 27.7 Å². The fourth-order valence-electron chi connectivity index (χ4n) is 1.49. The molecule has 3 heterocycles. The van der Waals surface area contributed by atoms with E-state index in [9.17, 15) is 17.3 Å². The third kappa shape index (κ3) is 15.1. The first kappa shape index (κ1) is 31.5. The molecule has 0 N–H and O–H groups in total. The number of aromatic nitrogens is 2. The second kappa shape index (κ2) is 16.2. The van der Waals surface area contributed by atoms with Crippen molar-refractivity contribution in [2.24, 2.45) is 20.6 Å². The quantitative estimate of drug-likeness (QED) is 0.360. The molecular formula is C18H22B2F4FeN6O4. The molecule has 2 aromatic heterocycles. The van der Waals surface area contributed by atoms with Crippen molar-refractivity contribution in [3.05, 3.63) is 61.2 Å². The maximum absolute atomic E-state index is 13.2. The first-order valence-corrected chi connectivity index (χ1v) is 9.64. The molecule has 190 valence electrons. The van der Waals surface area contributed by atoms with E-state index in [-0.39, 0.29) is 39.9 Å². The molecule has 0 spiro atoms. The molecule has 2 aromatic rings. The smallest absolute Gasteiger partial charge is 0.519 e. The van der Waals surface area contributed by atoms with Gasteiger partial charge in [-0.1, -0.05) is 12.1 Å². The van der Waals surface area contributed by atoms with E-state index in [1.54, 1.807) is 24.8 Å². The van der Waals surface area contributed by atoms with E-state index < -0.39 is 14.2 Å². The number of pyridine rings is 2. The largest absolute Gasteiger partial charge is 2.00 e. The van der Waals surface area contributed by atoms with Gasteiger partial charge in [-0.05, 0) is 52.0 Å². The van der Waals surface area contributed by atoms with Gasteiger partial charge < -0.3 is 36.3 Å². The van der Waals surface area contributed by atoms with E-state index in [0.717, 1.165) is 0 Å². The van der Waals surface area contributed by atoms with Crippen molar-refractivity contribution in [3.63, 3.8) is 0 Å². The van der Waals surface area contributed by atoms with Gasteiger partial charge in [-0.3, -0.25) is 9.97 Å². The summed E-state index contributed by atoms with van der Waals surface area (Å²) >= 11 is 0. The molecule has 0 bridgehead atoms. The summed E-state index contributed by atoms with van der Waals surface area (Å²) in [7, 11) is -9.71. The molecule has 0 aromatic carbocycles. The molecule has 0 saturated carbocycles. The minimum absolute atomic E-state index is 0. The summed E-state index contributed by atoms with van der Waals surface area (Å²) in [5.41, 5.74) is -0.966. The van der Waals surface area contributed by atoms with Crippen LogP contribution in [0.1, 0.15) is 27.7 Å². The van der Waals surface area contributed by atoms with Crippen molar-refractivity contribution < 1.29 is 53.4 Å². The Morgan fingerprint density at radius 3 is 0.857 bits per heavy atom. The number of oxime groups is 4. The summed E-state index contributed by atoms with van der Waals surface area (Å²) < 4.78 is 68.5. The van der Waals surface area contributed by atoms with E-state index in [1.807, 2.05) is 36.4 Å². The predicted molar refractivity (Wildman–Crippen MR) is 121 cm³/mol.